The zero-order valence-electron chi connectivity index (χ0n) is 17.8. The van der Waals surface area contributed by atoms with Crippen LogP contribution in [0.3, 0.4) is 0 Å². The van der Waals surface area contributed by atoms with E-state index in [0.717, 1.165) is 25.0 Å². The molecule has 3 rings (SSSR count). The first-order valence-electron chi connectivity index (χ1n) is 10.7. The van der Waals surface area contributed by atoms with E-state index < -0.39 is 0 Å². The molecular weight excluding hydrogens is 364 g/mol. The van der Waals surface area contributed by atoms with Crippen LogP contribution in [0.4, 0.5) is 0 Å². The van der Waals surface area contributed by atoms with Gasteiger partial charge in [0, 0.05) is 12.0 Å². The van der Waals surface area contributed by atoms with E-state index in [1.165, 1.54) is 24.0 Å². The van der Waals surface area contributed by atoms with Gasteiger partial charge in [0.05, 0.1) is 18.8 Å². The summed E-state index contributed by atoms with van der Waals surface area (Å²) in [6, 6.07) is 9.87. The molecule has 0 heterocycles. The summed E-state index contributed by atoms with van der Waals surface area (Å²) in [6.07, 6.45) is 5.78. The van der Waals surface area contributed by atoms with Crippen molar-refractivity contribution in [2.45, 2.75) is 59.3 Å². The number of carbonyl (C=O) groups excluding carboxylic acids is 1. The highest BCUT2D eigenvalue weighted by Crippen LogP contribution is 2.32. The molecule has 0 aliphatic heterocycles. The van der Waals surface area contributed by atoms with Crippen molar-refractivity contribution in [1.29, 1.82) is 0 Å². The topological polar surface area (TPSA) is 55.8 Å². The van der Waals surface area contributed by atoms with Crippen molar-refractivity contribution in [2.24, 2.45) is 5.92 Å². The Bertz CT molecular complexity index is 854. The van der Waals surface area contributed by atoms with Crippen molar-refractivity contribution >= 4 is 5.78 Å². The molecule has 156 valence electrons. The van der Waals surface area contributed by atoms with E-state index in [0.29, 0.717) is 36.5 Å². The largest absolute Gasteiger partial charge is 0.507 e. The molecule has 0 bridgehead atoms. The minimum atomic E-state index is -0.0316. The van der Waals surface area contributed by atoms with Gasteiger partial charge < -0.3 is 14.6 Å². The van der Waals surface area contributed by atoms with Crippen molar-refractivity contribution < 1.29 is 19.4 Å². The number of ether oxygens (including phenoxy) is 2. The van der Waals surface area contributed by atoms with Gasteiger partial charge in [-0.25, -0.2) is 0 Å². The Kier molecular flexibility index (Phi) is 7.18. The van der Waals surface area contributed by atoms with Crippen LogP contribution < -0.4 is 9.47 Å². The van der Waals surface area contributed by atoms with Crippen molar-refractivity contribution in [3.8, 4) is 17.2 Å². The predicted molar refractivity (Wildman–Crippen MR) is 115 cm³/mol. The number of fused-ring (bicyclic) bond motifs is 1. The number of phenols is 1. The standard InChI is InChI=1S/C25H32O4/c1-17(2)15-23(26)22-11-12-24(18(3)25(22)27)29-14-5-4-13-28-21-10-9-19-7-6-8-20(19)16-21/h9-12,16-17,27H,4-8,13-15H2,1-3H3. The SMILES string of the molecule is Cc1c(OCCCCOc2ccc3c(c2)CCC3)ccc(C(=O)CC(C)C)c1O. The van der Waals surface area contributed by atoms with Crippen LogP contribution in [-0.4, -0.2) is 24.1 Å². The smallest absolute Gasteiger partial charge is 0.166 e. The summed E-state index contributed by atoms with van der Waals surface area (Å²) >= 11 is 0. The quantitative estimate of drug-likeness (QED) is 0.416. The third-order valence-electron chi connectivity index (χ3n) is 5.41. The van der Waals surface area contributed by atoms with Gasteiger partial charge >= 0.3 is 0 Å². The number of carbonyl (C=O) groups is 1. The summed E-state index contributed by atoms with van der Waals surface area (Å²) in [5, 5.41) is 10.4. The average Bonchev–Trinajstić information content (AvgIpc) is 3.15. The lowest BCUT2D eigenvalue weighted by molar-refractivity contribution is 0.0965. The molecule has 29 heavy (non-hydrogen) atoms. The number of aryl methyl sites for hydroxylation is 2. The summed E-state index contributed by atoms with van der Waals surface area (Å²) in [5.74, 6) is 1.85. The first-order valence-corrected chi connectivity index (χ1v) is 10.7. The van der Waals surface area contributed by atoms with E-state index in [4.69, 9.17) is 9.47 Å². The van der Waals surface area contributed by atoms with Crippen molar-refractivity contribution in [1.82, 2.24) is 0 Å². The van der Waals surface area contributed by atoms with Crippen LogP contribution in [0.5, 0.6) is 17.2 Å². The van der Waals surface area contributed by atoms with Gasteiger partial charge in [0.2, 0.25) is 0 Å². The Hall–Kier alpha value is -2.49. The maximum Gasteiger partial charge on any atom is 0.166 e. The van der Waals surface area contributed by atoms with E-state index in [9.17, 15) is 9.90 Å². The minimum absolute atomic E-state index is 0.0316. The number of unbranched alkanes of at least 4 members (excludes halogenated alkanes) is 1. The van der Waals surface area contributed by atoms with Crippen LogP contribution in [-0.2, 0) is 12.8 Å². The van der Waals surface area contributed by atoms with Crippen LogP contribution in [0, 0.1) is 12.8 Å². The van der Waals surface area contributed by atoms with Crippen molar-refractivity contribution in [3.05, 3.63) is 52.6 Å². The normalized spacial score (nSPS) is 12.8. The molecule has 1 aliphatic rings. The van der Waals surface area contributed by atoms with Gasteiger partial charge in [-0.05, 0) is 80.3 Å². The number of hydrogen-bond donors (Lipinski definition) is 1. The molecule has 1 aliphatic carbocycles. The zero-order valence-corrected chi connectivity index (χ0v) is 17.8. The molecule has 0 fully saturated rings. The lowest BCUT2D eigenvalue weighted by Crippen LogP contribution is -2.06. The van der Waals surface area contributed by atoms with Gasteiger partial charge in [-0.1, -0.05) is 19.9 Å². The molecule has 0 spiro atoms. The van der Waals surface area contributed by atoms with Gasteiger partial charge in [0.1, 0.15) is 17.2 Å². The van der Waals surface area contributed by atoms with E-state index in [-0.39, 0.29) is 17.5 Å². The maximum absolute atomic E-state index is 12.2. The Morgan fingerprint density at radius 2 is 1.76 bits per heavy atom. The number of Topliss-reactive ketones (excluding diaryl/α,β-unsaturated/α-hetero) is 1. The number of ketones is 1. The highest BCUT2D eigenvalue weighted by molar-refractivity contribution is 5.99. The van der Waals surface area contributed by atoms with E-state index in [2.05, 4.69) is 18.2 Å². The third-order valence-corrected chi connectivity index (χ3v) is 5.41. The van der Waals surface area contributed by atoms with Crippen LogP contribution >= 0.6 is 0 Å². The first kappa shape index (κ1) is 21.2. The Labute approximate surface area is 173 Å². The molecule has 0 saturated carbocycles. The number of hydrogen-bond acceptors (Lipinski definition) is 4. The zero-order chi connectivity index (χ0) is 20.8. The Morgan fingerprint density at radius 3 is 2.52 bits per heavy atom. The van der Waals surface area contributed by atoms with Crippen LogP contribution in [0.2, 0.25) is 0 Å². The van der Waals surface area contributed by atoms with Crippen LogP contribution in [0.15, 0.2) is 30.3 Å². The predicted octanol–water partition coefficient (Wildman–Crippen LogP) is 5.66. The van der Waals surface area contributed by atoms with Crippen LogP contribution in [0.25, 0.3) is 0 Å². The third kappa shape index (κ3) is 5.53. The summed E-state index contributed by atoms with van der Waals surface area (Å²) in [4.78, 5) is 12.2. The summed E-state index contributed by atoms with van der Waals surface area (Å²) in [7, 11) is 0. The van der Waals surface area contributed by atoms with Crippen molar-refractivity contribution in [2.75, 3.05) is 13.2 Å². The Balaban J connectivity index is 1.42. The second-order valence-electron chi connectivity index (χ2n) is 8.29. The Morgan fingerprint density at radius 1 is 1.03 bits per heavy atom. The molecule has 4 nitrogen and oxygen atoms in total. The fraction of sp³-hybridized carbons (Fsp3) is 0.480. The number of phenolic OH excluding ortho intramolecular Hbond substituents is 1. The molecule has 2 aromatic rings. The lowest BCUT2D eigenvalue weighted by atomic mass is 9.98. The van der Waals surface area contributed by atoms with Crippen LogP contribution in [0.1, 0.15) is 66.6 Å². The monoisotopic (exact) mass is 396 g/mol. The number of rotatable bonds is 10. The highest BCUT2D eigenvalue weighted by Gasteiger charge is 2.17. The molecule has 4 heteroatoms. The second-order valence-corrected chi connectivity index (χ2v) is 8.29. The van der Waals surface area contributed by atoms with Gasteiger partial charge in [0.15, 0.2) is 5.78 Å². The fourth-order valence-corrected chi connectivity index (χ4v) is 3.76. The first-order chi connectivity index (χ1) is 14.0. The average molecular weight is 397 g/mol. The van der Waals surface area contributed by atoms with Gasteiger partial charge in [0.25, 0.3) is 0 Å². The molecular formula is C25H32O4. The summed E-state index contributed by atoms with van der Waals surface area (Å²) in [5.41, 5.74) is 3.89. The molecule has 0 aromatic heterocycles. The maximum atomic E-state index is 12.2. The number of aromatic hydroxyl groups is 1. The molecule has 0 unspecified atom stereocenters. The van der Waals surface area contributed by atoms with Crippen molar-refractivity contribution in [3.63, 3.8) is 0 Å². The fourth-order valence-electron chi connectivity index (χ4n) is 3.76. The molecule has 1 N–H and O–H groups in total. The summed E-state index contributed by atoms with van der Waals surface area (Å²) in [6.45, 7) is 6.98. The van der Waals surface area contributed by atoms with E-state index in [1.54, 1.807) is 19.1 Å². The minimum Gasteiger partial charge on any atom is -0.507 e. The second kappa shape index (κ2) is 9.82. The van der Waals surface area contributed by atoms with E-state index in [1.807, 2.05) is 13.8 Å². The van der Waals surface area contributed by atoms with Gasteiger partial charge in [-0.2, -0.15) is 0 Å². The highest BCUT2D eigenvalue weighted by atomic mass is 16.5. The van der Waals surface area contributed by atoms with E-state index >= 15 is 0 Å². The number of benzene rings is 2. The summed E-state index contributed by atoms with van der Waals surface area (Å²) < 4.78 is 11.7. The van der Waals surface area contributed by atoms with Gasteiger partial charge in [-0.15, -0.1) is 0 Å². The molecule has 0 atom stereocenters. The molecule has 0 radical (unpaired) electrons. The lowest BCUT2D eigenvalue weighted by Gasteiger charge is -2.13. The van der Waals surface area contributed by atoms with Gasteiger partial charge in [-0.3, -0.25) is 4.79 Å². The molecule has 0 saturated heterocycles. The molecule has 0 amide bonds. The molecule has 2 aromatic carbocycles.